The van der Waals surface area contributed by atoms with E-state index in [0.29, 0.717) is 11.8 Å². The molecule has 0 radical (unpaired) electrons. The topological polar surface area (TPSA) is 32.8 Å². The van der Waals surface area contributed by atoms with Crippen LogP contribution in [-0.4, -0.2) is 49.0 Å². The fraction of sp³-hybridized carbons (Fsp3) is 0.682. The van der Waals surface area contributed by atoms with Gasteiger partial charge in [0.15, 0.2) is 0 Å². The first-order valence-electron chi connectivity index (χ1n) is 10.3. The predicted molar refractivity (Wildman–Crippen MR) is 114 cm³/mol. The number of rotatable bonds is 3. The third-order valence-electron chi connectivity index (χ3n) is 5.89. The molecule has 0 unspecified atom stereocenters. The van der Waals surface area contributed by atoms with Gasteiger partial charge in [0, 0.05) is 31.1 Å². The molecule has 3 rings (SSSR count). The van der Waals surface area contributed by atoms with Crippen molar-refractivity contribution < 1.29 is 13.9 Å². The lowest BCUT2D eigenvalue weighted by Crippen LogP contribution is -2.44. The van der Waals surface area contributed by atoms with Crippen molar-refractivity contribution in [1.82, 2.24) is 4.90 Å². The molecule has 2 saturated heterocycles. The summed E-state index contributed by atoms with van der Waals surface area (Å²) in [5, 5.41) is 0. The number of halogens is 1. The van der Waals surface area contributed by atoms with Gasteiger partial charge in [-0.05, 0) is 82.7 Å². The summed E-state index contributed by atoms with van der Waals surface area (Å²) >= 11 is 1.57. The van der Waals surface area contributed by atoms with Gasteiger partial charge in [-0.2, -0.15) is 0 Å². The molecule has 0 bridgehead atoms. The van der Waals surface area contributed by atoms with E-state index in [0.717, 1.165) is 62.4 Å². The van der Waals surface area contributed by atoms with Crippen LogP contribution in [0, 0.1) is 17.7 Å². The number of thioether (sulfide) groups is 1. The lowest BCUT2D eigenvalue weighted by molar-refractivity contribution is 0.0152. The molecule has 0 spiro atoms. The first-order valence-corrected chi connectivity index (χ1v) is 11.6. The molecule has 0 aliphatic carbocycles. The highest BCUT2D eigenvalue weighted by atomic mass is 32.2. The third kappa shape index (κ3) is 5.34. The molecule has 1 aromatic carbocycles. The van der Waals surface area contributed by atoms with E-state index in [4.69, 9.17) is 4.74 Å². The molecule has 4 nitrogen and oxygen atoms in total. The minimum absolute atomic E-state index is 0.115. The monoisotopic (exact) mass is 408 g/mol. The number of piperidine rings is 2. The Kier molecular flexibility index (Phi) is 6.79. The van der Waals surface area contributed by atoms with Crippen LogP contribution in [0.4, 0.5) is 14.9 Å². The number of amides is 1. The van der Waals surface area contributed by atoms with Crippen molar-refractivity contribution in [3.05, 3.63) is 24.0 Å². The summed E-state index contributed by atoms with van der Waals surface area (Å²) < 4.78 is 19.9. The Labute approximate surface area is 172 Å². The molecule has 0 N–H and O–H groups in total. The van der Waals surface area contributed by atoms with E-state index in [-0.39, 0.29) is 11.9 Å². The molecule has 6 heteroatoms. The summed E-state index contributed by atoms with van der Waals surface area (Å²) in [6, 6.07) is 5.56. The Morgan fingerprint density at radius 2 is 1.64 bits per heavy atom. The minimum atomic E-state index is -0.440. The maximum absolute atomic E-state index is 14.4. The molecule has 2 heterocycles. The number of carbonyl (C=O) groups excluding carboxylic acids is 1. The van der Waals surface area contributed by atoms with Gasteiger partial charge in [-0.25, -0.2) is 9.18 Å². The maximum atomic E-state index is 14.4. The fourth-order valence-corrected chi connectivity index (χ4v) is 4.79. The predicted octanol–water partition coefficient (Wildman–Crippen LogP) is 5.41. The summed E-state index contributed by atoms with van der Waals surface area (Å²) in [5.74, 6) is 1.21. The summed E-state index contributed by atoms with van der Waals surface area (Å²) in [5.41, 5.74) is 0.292. The number of carbonyl (C=O) groups is 1. The van der Waals surface area contributed by atoms with Crippen LogP contribution in [0.2, 0.25) is 0 Å². The molecule has 2 aliphatic rings. The molecule has 0 aromatic heterocycles. The van der Waals surface area contributed by atoms with E-state index in [9.17, 15) is 9.18 Å². The number of likely N-dealkylation sites (tertiary alicyclic amines) is 1. The summed E-state index contributed by atoms with van der Waals surface area (Å²) in [7, 11) is 0. The first kappa shape index (κ1) is 21.3. The zero-order valence-corrected chi connectivity index (χ0v) is 18.4. The smallest absolute Gasteiger partial charge is 0.410 e. The normalized spacial score (nSPS) is 19.8. The Balaban J connectivity index is 1.48. The second-order valence-electron chi connectivity index (χ2n) is 8.95. The van der Waals surface area contributed by atoms with Crippen LogP contribution < -0.4 is 4.90 Å². The quantitative estimate of drug-likeness (QED) is 0.626. The van der Waals surface area contributed by atoms with E-state index in [1.807, 2.05) is 44.1 Å². The van der Waals surface area contributed by atoms with Crippen molar-refractivity contribution in [3.8, 4) is 0 Å². The molecule has 156 valence electrons. The van der Waals surface area contributed by atoms with Crippen molar-refractivity contribution in [2.75, 3.05) is 37.3 Å². The minimum Gasteiger partial charge on any atom is -0.444 e. The van der Waals surface area contributed by atoms with E-state index >= 15 is 0 Å². The number of hydrogen-bond donors (Lipinski definition) is 0. The van der Waals surface area contributed by atoms with Crippen molar-refractivity contribution >= 4 is 23.5 Å². The van der Waals surface area contributed by atoms with E-state index in [2.05, 4.69) is 4.90 Å². The van der Waals surface area contributed by atoms with Crippen LogP contribution in [0.25, 0.3) is 0 Å². The van der Waals surface area contributed by atoms with E-state index < -0.39 is 5.60 Å². The van der Waals surface area contributed by atoms with E-state index in [1.54, 1.807) is 17.8 Å². The van der Waals surface area contributed by atoms with Gasteiger partial charge in [0.25, 0.3) is 0 Å². The highest BCUT2D eigenvalue weighted by molar-refractivity contribution is 7.98. The Morgan fingerprint density at radius 3 is 2.14 bits per heavy atom. The Morgan fingerprint density at radius 1 is 1.07 bits per heavy atom. The second kappa shape index (κ2) is 8.93. The average molecular weight is 409 g/mol. The fourth-order valence-electron chi connectivity index (χ4n) is 4.36. The summed E-state index contributed by atoms with van der Waals surface area (Å²) in [6.45, 7) is 9.10. The zero-order valence-electron chi connectivity index (χ0n) is 17.5. The molecule has 0 atom stereocenters. The molecule has 1 aromatic rings. The van der Waals surface area contributed by atoms with E-state index in [1.165, 1.54) is 0 Å². The van der Waals surface area contributed by atoms with Gasteiger partial charge < -0.3 is 14.5 Å². The van der Waals surface area contributed by atoms with Crippen LogP contribution in [0.15, 0.2) is 23.1 Å². The summed E-state index contributed by atoms with van der Waals surface area (Å²) in [6.07, 6.45) is 6.06. The lowest BCUT2D eigenvalue weighted by atomic mass is 9.79. The number of anilines is 1. The molecular formula is C22H33FN2O2S. The third-order valence-corrected chi connectivity index (χ3v) is 6.62. The molecule has 2 aliphatic heterocycles. The molecule has 0 saturated carbocycles. The van der Waals surface area contributed by atoms with Gasteiger partial charge in [-0.15, -0.1) is 11.8 Å². The Bertz CT molecular complexity index is 676. The second-order valence-corrected chi connectivity index (χ2v) is 9.83. The lowest BCUT2D eigenvalue weighted by Gasteiger charge is -2.41. The zero-order chi connectivity index (χ0) is 20.3. The van der Waals surface area contributed by atoms with Crippen LogP contribution in [0.1, 0.15) is 46.5 Å². The van der Waals surface area contributed by atoms with Crippen molar-refractivity contribution in [1.29, 1.82) is 0 Å². The average Bonchev–Trinajstić information content (AvgIpc) is 2.67. The number of nitrogens with zero attached hydrogens (tertiary/aromatic N) is 2. The molecular weight excluding hydrogens is 375 g/mol. The molecule has 1 amide bonds. The van der Waals surface area contributed by atoms with Gasteiger partial charge in [0.05, 0.1) is 5.69 Å². The van der Waals surface area contributed by atoms with Crippen molar-refractivity contribution in [3.63, 3.8) is 0 Å². The number of ether oxygens (including phenoxy) is 1. The maximum Gasteiger partial charge on any atom is 0.410 e. The van der Waals surface area contributed by atoms with Gasteiger partial charge >= 0.3 is 6.09 Å². The highest BCUT2D eigenvalue weighted by Gasteiger charge is 2.32. The molecule has 2 fully saturated rings. The number of hydrogen-bond acceptors (Lipinski definition) is 4. The van der Waals surface area contributed by atoms with Gasteiger partial charge in [-0.1, -0.05) is 0 Å². The highest BCUT2D eigenvalue weighted by Crippen LogP contribution is 2.35. The van der Waals surface area contributed by atoms with Gasteiger partial charge in [0.2, 0.25) is 0 Å². The standard InChI is InChI=1S/C22H33FN2O2S/c1-22(2,3)27-21(26)25-13-9-17(10-14-25)16-7-11-24(12-8-16)20-6-5-18(28-4)15-19(20)23/h5-6,15-17H,7-14H2,1-4H3. The molecule has 28 heavy (non-hydrogen) atoms. The van der Waals surface area contributed by atoms with Crippen LogP contribution in [0.5, 0.6) is 0 Å². The SMILES string of the molecule is CSc1ccc(N2CCC(C3CCN(C(=O)OC(C)(C)C)CC3)CC2)c(F)c1. The van der Waals surface area contributed by atoms with Crippen LogP contribution >= 0.6 is 11.8 Å². The Hall–Kier alpha value is -1.43. The van der Waals surface area contributed by atoms with Crippen LogP contribution in [0.3, 0.4) is 0 Å². The van der Waals surface area contributed by atoms with Crippen LogP contribution in [-0.2, 0) is 4.74 Å². The van der Waals surface area contributed by atoms with Gasteiger partial charge in [-0.3, -0.25) is 0 Å². The van der Waals surface area contributed by atoms with Crippen molar-refractivity contribution in [2.45, 2.75) is 57.0 Å². The van der Waals surface area contributed by atoms with Gasteiger partial charge in [0.1, 0.15) is 11.4 Å². The first-order chi connectivity index (χ1) is 13.3. The largest absolute Gasteiger partial charge is 0.444 e. The van der Waals surface area contributed by atoms with Crippen molar-refractivity contribution in [2.24, 2.45) is 11.8 Å². The number of benzene rings is 1. The summed E-state index contributed by atoms with van der Waals surface area (Å²) in [4.78, 5) is 17.2.